The Kier molecular flexibility index (Phi) is 24.2. The summed E-state index contributed by atoms with van der Waals surface area (Å²) in [5, 5.41) is 2.48. The van der Waals surface area contributed by atoms with E-state index in [4.69, 9.17) is 0 Å². The predicted octanol–water partition coefficient (Wildman–Crippen LogP) is 7.38. The lowest BCUT2D eigenvalue weighted by atomic mass is 10.2. The molecular formula is C40H88N6Si4. The highest BCUT2D eigenvalue weighted by Crippen LogP contribution is 2.25. The Morgan fingerprint density at radius 2 is 0.920 bits per heavy atom. The fourth-order valence-corrected chi connectivity index (χ4v) is 12.8. The van der Waals surface area contributed by atoms with Crippen molar-refractivity contribution in [2.45, 2.75) is 172 Å². The number of aromatic nitrogens is 2. The molecule has 1 aromatic rings. The van der Waals surface area contributed by atoms with Gasteiger partial charge in [-0.15, -0.1) is 0 Å². The van der Waals surface area contributed by atoms with E-state index in [0.717, 1.165) is 19.6 Å². The number of nitrogens with zero attached hydrogens (tertiary/aromatic N) is 6. The summed E-state index contributed by atoms with van der Waals surface area (Å²) in [5.74, 6) is 0. The van der Waals surface area contributed by atoms with E-state index >= 15 is 0 Å². The highest BCUT2D eigenvalue weighted by molar-refractivity contribution is 6.40. The Bertz CT molecular complexity index is 916. The number of aryl methyl sites for hydroxylation is 1. The van der Waals surface area contributed by atoms with E-state index in [1.165, 1.54) is 109 Å². The maximum absolute atomic E-state index is 4.33. The van der Waals surface area contributed by atoms with E-state index in [2.05, 4.69) is 119 Å². The first-order chi connectivity index (χ1) is 23.3. The number of hydrogen-bond acceptors (Lipinski definition) is 5. The molecule has 50 heavy (non-hydrogen) atoms. The van der Waals surface area contributed by atoms with Gasteiger partial charge in [-0.1, -0.05) is 107 Å². The molecule has 0 aliphatic carbocycles. The molecule has 0 amide bonds. The standard InChI is InChI=1S/C20H45N3Si2.C20H43N3Si2/c2*1-19(2,3)24-16-8-13-22(14-9-17-25-20(4,5)6)11-7-12-23-15-10-21-18-23/h18H,7-17,24-25H2,1-6H3;10,15,18H,7-9,11-14,16-17,24-25H2,1-6H3. The topological polar surface area (TPSA) is 39.9 Å². The van der Waals surface area contributed by atoms with Crippen molar-refractivity contribution in [1.82, 2.24) is 24.3 Å². The van der Waals surface area contributed by atoms with Gasteiger partial charge >= 0.3 is 0 Å². The number of imidazole rings is 1. The van der Waals surface area contributed by atoms with Gasteiger partial charge in [-0.25, -0.2) is 4.98 Å². The molecule has 0 N–H and O–H groups in total. The molecule has 2 rings (SSSR count). The molecule has 2 heterocycles. The zero-order chi connectivity index (χ0) is 37.5. The van der Waals surface area contributed by atoms with Crippen molar-refractivity contribution in [2.24, 2.45) is 4.99 Å². The third-order valence-corrected chi connectivity index (χ3v) is 19.1. The maximum Gasteiger partial charge on any atom is 0.0945 e. The molecular weight excluding hydrogens is 677 g/mol. The zero-order valence-electron chi connectivity index (χ0n) is 36.0. The monoisotopic (exact) mass is 765 g/mol. The van der Waals surface area contributed by atoms with Crippen molar-refractivity contribution in [3.63, 3.8) is 0 Å². The molecule has 294 valence electrons. The van der Waals surface area contributed by atoms with Gasteiger partial charge in [0.1, 0.15) is 0 Å². The van der Waals surface area contributed by atoms with Crippen LogP contribution in [0.1, 0.15) is 122 Å². The van der Waals surface area contributed by atoms with Gasteiger partial charge in [0.05, 0.1) is 19.2 Å². The van der Waals surface area contributed by atoms with Gasteiger partial charge in [0.2, 0.25) is 0 Å². The Labute approximate surface area is 322 Å². The van der Waals surface area contributed by atoms with Crippen molar-refractivity contribution < 1.29 is 0 Å². The molecule has 1 aliphatic heterocycles. The van der Waals surface area contributed by atoms with Gasteiger partial charge in [-0.3, -0.25) is 4.99 Å². The van der Waals surface area contributed by atoms with Crippen molar-refractivity contribution in [3.8, 4) is 0 Å². The summed E-state index contributed by atoms with van der Waals surface area (Å²) in [6.07, 6.45) is 16.1. The van der Waals surface area contributed by atoms with Gasteiger partial charge in [-0.2, -0.15) is 0 Å². The smallest absolute Gasteiger partial charge is 0.0945 e. The number of hydrogen-bond donors (Lipinski definition) is 0. The van der Waals surface area contributed by atoms with Gasteiger partial charge in [0.15, 0.2) is 0 Å². The molecule has 1 aliphatic rings. The summed E-state index contributed by atoms with van der Waals surface area (Å²) in [6, 6.07) is 6.02. The highest BCUT2D eigenvalue weighted by atomic mass is 28.2. The minimum Gasteiger partial charge on any atom is -0.361 e. The average molecular weight is 766 g/mol. The van der Waals surface area contributed by atoms with Gasteiger partial charge in [-0.05, 0) is 97.9 Å². The largest absolute Gasteiger partial charge is 0.361 e. The van der Waals surface area contributed by atoms with Gasteiger partial charge < -0.3 is 19.3 Å². The Morgan fingerprint density at radius 3 is 1.24 bits per heavy atom. The van der Waals surface area contributed by atoms with Crippen LogP contribution in [0.25, 0.3) is 0 Å². The summed E-state index contributed by atoms with van der Waals surface area (Å²) in [5.41, 5.74) is 0. The summed E-state index contributed by atoms with van der Waals surface area (Å²) in [7, 11) is 0.333. The predicted molar refractivity (Wildman–Crippen MR) is 240 cm³/mol. The van der Waals surface area contributed by atoms with E-state index in [1.54, 1.807) is 0 Å². The summed E-state index contributed by atoms with van der Waals surface area (Å²) in [4.78, 5) is 16.4. The lowest BCUT2D eigenvalue weighted by Crippen LogP contribution is -2.31. The van der Waals surface area contributed by atoms with Crippen LogP contribution in [0, 0.1) is 0 Å². The highest BCUT2D eigenvalue weighted by Gasteiger charge is 2.15. The third kappa shape index (κ3) is 31.0. The minimum atomic E-state index is 0.0787. The summed E-state index contributed by atoms with van der Waals surface area (Å²) >= 11 is 0. The zero-order valence-corrected chi connectivity index (χ0v) is 41.6. The van der Waals surface area contributed by atoms with Crippen LogP contribution in [-0.4, -0.2) is 128 Å². The van der Waals surface area contributed by atoms with Crippen LogP contribution in [0.2, 0.25) is 44.3 Å². The molecule has 0 saturated carbocycles. The molecule has 0 unspecified atom stereocenters. The first-order valence-corrected chi connectivity index (χ1v) is 27.8. The maximum atomic E-state index is 4.33. The van der Waals surface area contributed by atoms with Crippen LogP contribution < -0.4 is 0 Å². The van der Waals surface area contributed by atoms with E-state index in [1.807, 2.05) is 18.9 Å². The van der Waals surface area contributed by atoms with Crippen LogP contribution >= 0.6 is 0 Å². The summed E-state index contributed by atoms with van der Waals surface area (Å²) < 4.78 is 2.21. The second kappa shape index (κ2) is 25.5. The number of rotatable bonds is 24. The van der Waals surface area contributed by atoms with E-state index in [-0.39, 0.29) is 38.1 Å². The molecule has 0 atom stereocenters. The first-order valence-electron chi connectivity index (χ1n) is 21.0. The lowest BCUT2D eigenvalue weighted by molar-refractivity contribution is 0.261. The second-order valence-corrected chi connectivity index (χ2v) is 33.6. The van der Waals surface area contributed by atoms with Crippen LogP contribution in [0.15, 0.2) is 23.7 Å². The van der Waals surface area contributed by atoms with Crippen LogP contribution in [0.3, 0.4) is 0 Å². The molecule has 0 spiro atoms. The normalized spacial score (nSPS) is 15.2. The Balaban J connectivity index is 0.000000500. The SMILES string of the molecule is CC(C)(C)[SiH2]CCCN(CCC[SiH2]C(C)(C)C)CCCN1C=NCC1.CC(C)(C)[SiH2]CCCN(CCC[SiH2]C(C)(C)C)CCCn1ccnc1. The van der Waals surface area contributed by atoms with Crippen molar-refractivity contribution >= 4 is 44.4 Å². The first kappa shape index (κ1) is 47.5. The van der Waals surface area contributed by atoms with Crippen molar-refractivity contribution in [3.05, 3.63) is 18.7 Å². The molecule has 0 fully saturated rings. The Morgan fingerprint density at radius 1 is 0.540 bits per heavy atom. The lowest BCUT2D eigenvalue weighted by Gasteiger charge is -2.25. The van der Waals surface area contributed by atoms with Gasteiger partial charge in [0, 0.05) is 70.1 Å². The molecule has 1 aromatic heterocycles. The fourth-order valence-electron chi connectivity index (χ4n) is 6.61. The quantitative estimate of drug-likeness (QED) is 0.0815. The summed E-state index contributed by atoms with van der Waals surface area (Å²) in [6.45, 7) is 41.2. The molecule has 0 bridgehead atoms. The van der Waals surface area contributed by atoms with E-state index < -0.39 is 0 Å². The molecule has 10 heteroatoms. The average Bonchev–Trinajstić information content (AvgIpc) is 3.70. The molecule has 6 nitrogen and oxygen atoms in total. The van der Waals surface area contributed by atoms with Crippen LogP contribution in [0.4, 0.5) is 0 Å². The fraction of sp³-hybridized carbons (Fsp3) is 0.900. The van der Waals surface area contributed by atoms with E-state index in [0.29, 0.717) is 20.2 Å². The Hall–Kier alpha value is -0.532. The van der Waals surface area contributed by atoms with E-state index in [9.17, 15) is 0 Å². The molecule has 0 saturated heterocycles. The number of aliphatic imine (C=N–C) groups is 1. The third-order valence-electron chi connectivity index (χ3n) is 9.74. The second-order valence-electron chi connectivity index (χ2n) is 20.3. The van der Waals surface area contributed by atoms with Crippen molar-refractivity contribution in [2.75, 3.05) is 58.9 Å². The van der Waals surface area contributed by atoms with Crippen LogP contribution in [-0.2, 0) is 6.54 Å². The van der Waals surface area contributed by atoms with Crippen molar-refractivity contribution in [1.29, 1.82) is 0 Å². The van der Waals surface area contributed by atoms with Gasteiger partial charge in [0.25, 0.3) is 0 Å². The molecule has 0 aromatic carbocycles. The van der Waals surface area contributed by atoms with Crippen LogP contribution in [0.5, 0.6) is 0 Å². The minimum absolute atomic E-state index is 0.0787. The molecule has 0 radical (unpaired) electrons.